The minimum Gasteiger partial charge on any atom is -0.349 e. The van der Waals surface area contributed by atoms with Gasteiger partial charge < -0.3 is 5.32 Å². The molecule has 7 nitrogen and oxygen atoms in total. The third-order valence-corrected chi connectivity index (χ3v) is 5.44. The van der Waals surface area contributed by atoms with Gasteiger partial charge in [0.05, 0.1) is 9.82 Å². The molecule has 2 saturated carbocycles. The van der Waals surface area contributed by atoms with Crippen molar-refractivity contribution in [2.45, 2.75) is 36.6 Å². The van der Waals surface area contributed by atoms with Crippen molar-refractivity contribution in [2.24, 2.45) is 11.8 Å². The molecule has 0 aliphatic heterocycles. The van der Waals surface area contributed by atoms with Crippen molar-refractivity contribution in [3.63, 3.8) is 0 Å². The van der Waals surface area contributed by atoms with Gasteiger partial charge in [0.15, 0.2) is 9.84 Å². The maximum absolute atomic E-state index is 12.4. The van der Waals surface area contributed by atoms with E-state index in [1.54, 1.807) is 0 Å². The van der Waals surface area contributed by atoms with E-state index >= 15 is 0 Å². The fourth-order valence-corrected chi connectivity index (χ4v) is 3.48. The summed E-state index contributed by atoms with van der Waals surface area (Å²) >= 11 is 0. The number of nitro groups is 1. The van der Waals surface area contributed by atoms with E-state index in [9.17, 15) is 23.3 Å². The second-order valence-electron chi connectivity index (χ2n) is 6.42. The van der Waals surface area contributed by atoms with Crippen LogP contribution in [0.5, 0.6) is 0 Å². The molecule has 0 unspecified atom stereocenters. The Hall–Kier alpha value is -1.96. The first-order chi connectivity index (χ1) is 10.8. The number of hydrogen-bond acceptors (Lipinski definition) is 5. The predicted octanol–water partition coefficient (Wildman–Crippen LogP) is 1.92. The van der Waals surface area contributed by atoms with Gasteiger partial charge in [0, 0.05) is 30.0 Å². The van der Waals surface area contributed by atoms with E-state index in [4.69, 9.17) is 0 Å². The molecule has 0 bridgehead atoms. The van der Waals surface area contributed by atoms with E-state index in [-0.39, 0.29) is 16.5 Å². The van der Waals surface area contributed by atoms with Crippen molar-refractivity contribution in [1.82, 2.24) is 5.32 Å². The summed E-state index contributed by atoms with van der Waals surface area (Å²) in [4.78, 5) is 22.5. The van der Waals surface area contributed by atoms with E-state index in [0.717, 1.165) is 44.1 Å². The van der Waals surface area contributed by atoms with Gasteiger partial charge in [-0.3, -0.25) is 14.9 Å². The van der Waals surface area contributed by atoms with Crippen molar-refractivity contribution in [2.75, 3.05) is 6.26 Å². The molecule has 23 heavy (non-hydrogen) atoms. The van der Waals surface area contributed by atoms with Gasteiger partial charge in [-0.05, 0) is 43.6 Å². The average molecular weight is 338 g/mol. The van der Waals surface area contributed by atoms with Gasteiger partial charge in [0.1, 0.15) is 0 Å². The molecule has 0 aromatic heterocycles. The van der Waals surface area contributed by atoms with E-state index in [1.165, 1.54) is 6.07 Å². The van der Waals surface area contributed by atoms with E-state index < -0.39 is 26.4 Å². The second kappa shape index (κ2) is 5.59. The first-order valence-corrected chi connectivity index (χ1v) is 9.45. The third-order valence-electron chi connectivity index (χ3n) is 4.35. The average Bonchev–Trinajstić information content (AvgIpc) is 3.36. The molecule has 0 spiro atoms. The Balaban J connectivity index is 1.89. The summed E-state index contributed by atoms with van der Waals surface area (Å²) in [5, 5.41) is 13.9. The first kappa shape index (κ1) is 15.9. The van der Waals surface area contributed by atoms with Gasteiger partial charge >= 0.3 is 0 Å². The lowest BCUT2D eigenvalue weighted by atomic mass is 10.1. The number of rotatable bonds is 6. The molecule has 0 atom stereocenters. The minimum atomic E-state index is -3.64. The smallest absolute Gasteiger partial charge is 0.271 e. The number of nitro benzene ring substituents is 1. The van der Waals surface area contributed by atoms with Crippen molar-refractivity contribution in [3.05, 3.63) is 33.9 Å². The number of benzene rings is 1. The maximum atomic E-state index is 12.4. The Morgan fingerprint density at radius 2 is 1.78 bits per heavy atom. The molecule has 2 fully saturated rings. The molecule has 0 saturated heterocycles. The number of sulfone groups is 1. The summed E-state index contributed by atoms with van der Waals surface area (Å²) in [6, 6.07) is 3.41. The SMILES string of the molecule is CS(=O)(=O)c1cc(C(=O)NC(C2CC2)C2CC2)cc([N+](=O)[O-])c1. The van der Waals surface area contributed by atoms with Gasteiger partial charge in [0.2, 0.25) is 0 Å². The van der Waals surface area contributed by atoms with Crippen LogP contribution in [0, 0.1) is 22.0 Å². The highest BCUT2D eigenvalue weighted by atomic mass is 32.2. The number of carbonyl (C=O) groups excluding carboxylic acids is 1. The van der Waals surface area contributed by atoms with Crippen LogP contribution in [0.3, 0.4) is 0 Å². The van der Waals surface area contributed by atoms with Crippen LogP contribution in [0.1, 0.15) is 36.0 Å². The molecule has 0 radical (unpaired) electrons. The molecular weight excluding hydrogens is 320 g/mol. The van der Waals surface area contributed by atoms with E-state index in [0.29, 0.717) is 11.8 Å². The molecule has 2 aliphatic carbocycles. The zero-order valence-electron chi connectivity index (χ0n) is 12.7. The van der Waals surface area contributed by atoms with Gasteiger partial charge in [-0.1, -0.05) is 0 Å². The highest BCUT2D eigenvalue weighted by Gasteiger charge is 2.42. The Morgan fingerprint density at radius 3 is 2.22 bits per heavy atom. The van der Waals surface area contributed by atoms with Gasteiger partial charge in [-0.15, -0.1) is 0 Å². The van der Waals surface area contributed by atoms with Gasteiger partial charge in [0.25, 0.3) is 11.6 Å². The van der Waals surface area contributed by atoms with Gasteiger partial charge in [-0.25, -0.2) is 8.42 Å². The summed E-state index contributed by atoms with van der Waals surface area (Å²) in [5.41, 5.74) is -0.376. The number of nitrogens with one attached hydrogen (secondary N) is 1. The topological polar surface area (TPSA) is 106 Å². The van der Waals surface area contributed by atoms with Crippen LogP contribution in [0.25, 0.3) is 0 Å². The lowest BCUT2D eigenvalue weighted by molar-refractivity contribution is -0.385. The Bertz CT molecular complexity index is 754. The number of nitrogens with zero attached hydrogens (tertiary/aromatic N) is 1. The first-order valence-electron chi connectivity index (χ1n) is 7.56. The quantitative estimate of drug-likeness (QED) is 0.630. The summed E-state index contributed by atoms with van der Waals surface area (Å²) in [7, 11) is -3.64. The lowest BCUT2D eigenvalue weighted by Gasteiger charge is -2.17. The molecule has 1 amide bonds. The largest absolute Gasteiger partial charge is 0.349 e. The molecule has 0 heterocycles. The van der Waals surface area contributed by atoms with Crippen LogP contribution < -0.4 is 5.32 Å². The normalized spacial score (nSPS) is 18.0. The highest BCUT2D eigenvalue weighted by Crippen LogP contribution is 2.44. The number of carbonyl (C=O) groups is 1. The predicted molar refractivity (Wildman–Crippen MR) is 82.9 cm³/mol. The lowest BCUT2D eigenvalue weighted by Crippen LogP contribution is -2.38. The van der Waals surface area contributed by atoms with Crippen LogP contribution in [0.4, 0.5) is 5.69 Å². The zero-order valence-corrected chi connectivity index (χ0v) is 13.5. The van der Waals surface area contributed by atoms with Crippen LogP contribution in [0.15, 0.2) is 23.1 Å². The highest BCUT2D eigenvalue weighted by molar-refractivity contribution is 7.90. The van der Waals surface area contributed by atoms with Crippen LogP contribution in [-0.2, 0) is 9.84 Å². The molecule has 8 heteroatoms. The van der Waals surface area contributed by atoms with Crippen molar-refractivity contribution < 1.29 is 18.1 Å². The fourth-order valence-electron chi connectivity index (χ4n) is 2.80. The summed E-state index contributed by atoms with van der Waals surface area (Å²) in [6.45, 7) is 0. The Kier molecular flexibility index (Phi) is 3.87. The van der Waals surface area contributed by atoms with Crippen molar-refractivity contribution in [1.29, 1.82) is 0 Å². The standard InChI is InChI=1S/C15H18N2O5S/c1-23(21,22)13-7-11(6-12(8-13)17(19)20)15(18)16-14(9-2-3-9)10-4-5-10/h6-10,14H,2-5H2,1H3,(H,16,18). The van der Waals surface area contributed by atoms with Crippen molar-refractivity contribution in [3.8, 4) is 0 Å². The maximum Gasteiger partial charge on any atom is 0.271 e. The van der Waals surface area contributed by atoms with Crippen LogP contribution >= 0.6 is 0 Å². The Morgan fingerprint density at radius 1 is 1.22 bits per heavy atom. The van der Waals surface area contributed by atoms with Gasteiger partial charge in [-0.2, -0.15) is 0 Å². The summed E-state index contributed by atoms with van der Waals surface area (Å²) in [6.07, 6.45) is 5.32. The monoisotopic (exact) mass is 338 g/mol. The molecule has 1 aromatic rings. The molecule has 1 aromatic carbocycles. The third kappa shape index (κ3) is 3.69. The fraction of sp³-hybridized carbons (Fsp3) is 0.533. The summed E-state index contributed by atoms with van der Waals surface area (Å²) in [5.74, 6) is 0.529. The molecule has 3 rings (SSSR count). The molecular formula is C15H18N2O5S. The molecule has 1 N–H and O–H groups in total. The van der Waals surface area contributed by atoms with E-state index in [2.05, 4.69) is 5.32 Å². The van der Waals surface area contributed by atoms with E-state index in [1.807, 2.05) is 0 Å². The summed E-state index contributed by atoms with van der Waals surface area (Å²) < 4.78 is 23.4. The molecule has 124 valence electrons. The number of hydrogen-bond donors (Lipinski definition) is 1. The van der Waals surface area contributed by atoms with Crippen LogP contribution in [-0.4, -0.2) is 31.5 Å². The Labute approximate surface area is 134 Å². The minimum absolute atomic E-state index is 0.0194. The number of amides is 1. The second-order valence-corrected chi connectivity index (χ2v) is 8.43. The number of non-ortho nitro benzene ring substituents is 1. The molecule has 2 aliphatic rings. The zero-order chi connectivity index (χ0) is 16.8. The van der Waals surface area contributed by atoms with Crippen molar-refractivity contribution >= 4 is 21.4 Å². The van der Waals surface area contributed by atoms with Crippen LogP contribution in [0.2, 0.25) is 0 Å².